The monoisotopic (exact) mass is 385 g/mol. The van der Waals surface area contributed by atoms with Crippen LogP contribution in [0.4, 0.5) is 5.69 Å². The van der Waals surface area contributed by atoms with Crippen molar-refractivity contribution in [2.75, 3.05) is 37.6 Å². The third kappa shape index (κ3) is 5.72. The van der Waals surface area contributed by atoms with Gasteiger partial charge >= 0.3 is 0 Å². The van der Waals surface area contributed by atoms with E-state index in [2.05, 4.69) is 41.1 Å². The highest BCUT2D eigenvalue weighted by Crippen LogP contribution is 2.21. The lowest BCUT2D eigenvalue weighted by molar-refractivity contribution is 0.0949. The zero-order valence-electron chi connectivity index (χ0n) is 16.1. The van der Waals surface area contributed by atoms with Crippen LogP contribution in [0.2, 0.25) is 5.02 Å². The SMILES string of the molecule is CC(C)CNC(=O)c1cccc(CN2CCN(c3cccc(Cl)c3)CC2)c1. The van der Waals surface area contributed by atoms with Crippen LogP contribution in [0.15, 0.2) is 48.5 Å². The second kappa shape index (κ2) is 9.25. The second-order valence-electron chi connectivity index (χ2n) is 7.55. The molecule has 144 valence electrons. The minimum absolute atomic E-state index is 0.0105. The number of hydrogen-bond donors (Lipinski definition) is 1. The number of hydrogen-bond acceptors (Lipinski definition) is 3. The molecule has 2 aromatic carbocycles. The molecule has 1 amide bonds. The molecule has 0 bridgehead atoms. The van der Waals surface area contributed by atoms with Gasteiger partial charge < -0.3 is 10.2 Å². The molecule has 0 radical (unpaired) electrons. The van der Waals surface area contributed by atoms with Crippen molar-refractivity contribution >= 4 is 23.2 Å². The maximum Gasteiger partial charge on any atom is 0.251 e. The van der Waals surface area contributed by atoms with Crippen molar-refractivity contribution in [1.29, 1.82) is 0 Å². The second-order valence-corrected chi connectivity index (χ2v) is 7.98. The number of benzene rings is 2. The Hall–Kier alpha value is -2.04. The van der Waals surface area contributed by atoms with Crippen LogP contribution in [0.3, 0.4) is 0 Å². The fraction of sp³-hybridized carbons (Fsp3) is 0.409. The summed E-state index contributed by atoms with van der Waals surface area (Å²) >= 11 is 6.11. The molecule has 1 heterocycles. The topological polar surface area (TPSA) is 35.6 Å². The molecule has 4 nitrogen and oxygen atoms in total. The van der Waals surface area contributed by atoms with Crippen molar-refractivity contribution in [2.24, 2.45) is 5.92 Å². The highest BCUT2D eigenvalue weighted by molar-refractivity contribution is 6.30. The van der Waals surface area contributed by atoms with Gasteiger partial charge in [-0.2, -0.15) is 0 Å². The Morgan fingerprint density at radius 3 is 2.52 bits per heavy atom. The number of nitrogens with zero attached hydrogens (tertiary/aromatic N) is 2. The normalized spacial score (nSPS) is 15.2. The van der Waals surface area contributed by atoms with Crippen LogP contribution in [0.1, 0.15) is 29.8 Å². The van der Waals surface area contributed by atoms with Crippen LogP contribution in [0.5, 0.6) is 0 Å². The van der Waals surface area contributed by atoms with Gasteiger partial charge in [0, 0.05) is 55.5 Å². The van der Waals surface area contributed by atoms with Gasteiger partial charge in [-0.1, -0.05) is 43.6 Å². The van der Waals surface area contributed by atoms with E-state index in [1.54, 1.807) is 0 Å². The van der Waals surface area contributed by atoms with Gasteiger partial charge in [0.2, 0.25) is 0 Å². The molecular formula is C22H28ClN3O. The summed E-state index contributed by atoms with van der Waals surface area (Å²) in [5.74, 6) is 0.462. The Labute approximate surface area is 167 Å². The maximum atomic E-state index is 12.3. The first kappa shape index (κ1) is 19.7. The van der Waals surface area contributed by atoms with E-state index in [9.17, 15) is 4.79 Å². The highest BCUT2D eigenvalue weighted by atomic mass is 35.5. The molecule has 1 saturated heterocycles. The van der Waals surface area contributed by atoms with E-state index in [4.69, 9.17) is 11.6 Å². The lowest BCUT2D eigenvalue weighted by atomic mass is 10.1. The molecule has 1 fully saturated rings. The number of nitrogens with one attached hydrogen (secondary N) is 1. The van der Waals surface area contributed by atoms with E-state index in [1.165, 1.54) is 11.3 Å². The molecule has 1 aliphatic heterocycles. The number of amides is 1. The molecule has 0 saturated carbocycles. The zero-order chi connectivity index (χ0) is 19.2. The fourth-order valence-corrected chi connectivity index (χ4v) is 3.49. The van der Waals surface area contributed by atoms with Gasteiger partial charge in [-0.25, -0.2) is 0 Å². The molecular weight excluding hydrogens is 358 g/mol. The summed E-state index contributed by atoms with van der Waals surface area (Å²) in [5, 5.41) is 3.77. The third-order valence-electron chi connectivity index (χ3n) is 4.81. The van der Waals surface area contributed by atoms with Crippen molar-refractivity contribution in [3.8, 4) is 0 Å². The van der Waals surface area contributed by atoms with Crippen LogP contribution in [-0.2, 0) is 6.54 Å². The van der Waals surface area contributed by atoms with Crippen LogP contribution in [0.25, 0.3) is 0 Å². The van der Waals surface area contributed by atoms with Crippen LogP contribution >= 0.6 is 11.6 Å². The van der Waals surface area contributed by atoms with E-state index in [1.807, 2.05) is 36.4 Å². The Bertz CT molecular complexity index is 770. The predicted molar refractivity (Wildman–Crippen MR) is 113 cm³/mol. The summed E-state index contributed by atoms with van der Waals surface area (Å²) in [7, 11) is 0. The van der Waals surface area contributed by atoms with Crippen LogP contribution < -0.4 is 10.2 Å². The van der Waals surface area contributed by atoms with Crippen molar-refractivity contribution in [3.05, 3.63) is 64.7 Å². The molecule has 3 rings (SSSR count). The first-order valence-electron chi connectivity index (χ1n) is 9.61. The van der Waals surface area contributed by atoms with Gasteiger partial charge in [0.25, 0.3) is 5.91 Å². The van der Waals surface area contributed by atoms with Gasteiger partial charge in [0.1, 0.15) is 0 Å². The zero-order valence-corrected chi connectivity index (χ0v) is 16.9. The van der Waals surface area contributed by atoms with E-state index < -0.39 is 0 Å². The summed E-state index contributed by atoms with van der Waals surface area (Å²) in [6.07, 6.45) is 0. The van der Waals surface area contributed by atoms with Gasteiger partial charge in [-0.15, -0.1) is 0 Å². The van der Waals surface area contributed by atoms with Gasteiger partial charge in [0.15, 0.2) is 0 Å². The first-order valence-corrected chi connectivity index (χ1v) is 9.99. The number of piperazine rings is 1. The van der Waals surface area contributed by atoms with E-state index in [-0.39, 0.29) is 5.91 Å². The van der Waals surface area contributed by atoms with Crippen molar-refractivity contribution < 1.29 is 4.79 Å². The van der Waals surface area contributed by atoms with E-state index >= 15 is 0 Å². The van der Waals surface area contributed by atoms with Crippen LogP contribution in [0, 0.1) is 5.92 Å². The Morgan fingerprint density at radius 1 is 1.07 bits per heavy atom. The average molecular weight is 386 g/mol. The number of halogens is 1. The predicted octanol–water partition coefficient (Wildman–Crippen LogP) is 4.05. The average Bonchev–Trinajstić information content (AvgIpc) is 2.67. The number of anilines is 1. The lowest BCUT2D eigenvalue weighted by Crippen LogP contribution is -2.46. The minimum atomic E-state index is 0.0105. The first-order chi connectivity index (χ1) is 13.0. The summed E-state index contributed by atoms with van der Waals surface area (Å²) < 4.78 is 0. The molecule has 1 N–H and O–H groups in total. The molecule has 5 heteroatoms. The largest absolute Gasteiger partial charge is 0.369 e. The van der Waals surface area contributed by atoms with Gasteiger partial charge in [0.05, 0.1) is 0 Å². The number of carbonyl (C=O) groups excluding carboxylic acids is 1. The van der Waals surface area contributed by atoms with E-state index in [0.29, 0.717) is 12.5 Å². The molecule has 0 atom stereocenters. The lowest BCUT2D eigenvalue weighted by Gasteiger charge is -2.36. The third-order valence-corrected chi connectivity index (χ3v) is 5.05. The Kier molecular flexibility index (Phi) is 6.75. The molecule has 0 aliphatic carbocycles. The summed E-state index contributed by atoms with van der Waals surface area (Å²) in [6.45, 7) is 9.72. The van der Waals surface area contributed by atoms with Crippen molar-refractivity contribution in [3.63, 3.8) is 0 Å². The Balaban J connectivity index is 1.54. The summed E-state index contributed by atoms with van der Waals surface area (Å²) in [6, 6.07) is 16.0. The van der Waals surface area contributed by atoms with E-state index in [0.717, 1.165) is 43.3 Å². The van der Waals surface area contributed by atoms with Crippen molar-refractivity contribution in [2.45, 2.75) is 20.4 Å². The molecule has 2 aromatic rings. The van der Waals surface area contributed by atoms with Gasteiger partial charge in [-0.3, -0.25) is 9.69 Å². The Morgan fingerprint density at radius 2 is 1.81 bits per heavy atom. The molecule has 27 heavy (non-hydrogen) atoms. The summed E-state index contributed by atoms with van der Waals surface area (Å²) in [4.78, 5) is 17.1. The molecule has 1 aliphatic rings. The molecule has 0 spiro atoms. The smallest absolute Gasteiger partial charge is 0.251 e. The fourth-order valence-electron chi connectivity index (χ4n) is 3.31. The standard InChI is InChI=1S/C22H28ClN3O/c1-17(2)15-24-22(27)19-6-3-5-18(13-19)16-25-9-11-26(12-10-25)21-8-4-7-20(23)14-21/h3-8,13-14,17H,9-12,15-16H2,1-2H3,(H,24,27). The number of rotatable bonds is 6. The molecule has 0 aromatic heterocycles. The highest BCUT2D eigenvalue weighted by Gasteiger charge is 2.18. The quantitative estimate of drug-likeness (QED) is 0.814. The maximum absolute atomic E-state index is 12.3. The van der Waals surface area contributed by atoms with Crippen LogP contribution in [-0.4, -0.2) is 43.5 Å². The van der Waals surface area contributed by atoms with Crippen molar-refractivity contribution in [1.82, 2.24) is 10.2 Å². The minimum Gasteiger partial charge on any atom is -0.369 e. The summed E-state index contributed by atoms with van der Waals surface area (Å²) in [5.41, 5.74) is 3.11. The molecule has 0 unspecified atom stereocenters. The number of carbonyl (C=O) groups is 1. The van der Waals surface area contributed by atoms with Gasteiger partial charge in [-0.05, 0) is 41.8 Å².